The molecular formula is C17H17Cl2NO2. The molecule has 0 aliphatic rings. The van der Waals surface area contributed by atoms with E-state index in [0.717, 1.165) is 5.56 Å². The number of carbonyl (C=O) groups is 1. The Hall–Kier alpha value is -1.71. The van der Waals surface area contributed by atoms with Gasteiger partial charge in [-0.25, -0.2) is 0 Å². The van der Waals surface area contributed by atoms with Crippen LogP contribution in [-0.4, -0.2) is 12.5 Å². The van der Waals surface area contributed by atoms with Crippen molar-refractivity contribution in [3.63, 3.8) is 0 Å². The Morgan fingerprint density at radius 3 is 2.50 bits per heavy atom. The first-order valence-electron chi connectivity index (χ1n) is 6.89. The molecule has 1 atom stereocenters. The fourth-order valence-corrected chi connectivity index (χ4v) is 2.42. The molecule has 0 radical (unpaired) electrons. The van der Waals surface area contributed by atoms with Crippen LogP contribution in [0.15, 0.2) is 42.5 Å². The van der Waals surface area contributed by atoms with Crippen LogP contribution >= 0.6 is 23.2 Å². The zero-order valence-corrected chi connectivity index (χ0v) is 13.9. The van der Waals surface area contributed by atoms with Gasteiger partial charge in [-0.05, 0) is 37.6 Å². The Morgan fingerprint density at radius 1 is 1.18 bits per heavy atom. The predicted molar refractivity (Wildman–Crippen MR) is 89.7 cm³/mol. The van der Waals surface area contributed by atoms with Crippen molar-refractivity contribution in [3.05, 3.63) is 63.6 Å². The number of ether oxygens (including phenoxy) is 1. The Balaban J connectivity index is 1.88. The predicted octanol–water partition coefficient (Wildman–Crippen LogP) is 4.56. The van der Waals surface area contributed by atoms with Gasteiger partial charge in [-0.3, -0.25) is 4.79 Å². The van der Waals surface area contributed by atoms with E-state index in [1.165, 1.54) is 5.56 Å². The monoisotopic (exact) mass is 337 g/mol. The summed E-state index contributed by atoms with van der Waals surface area (Å²) in [7, 11) is 0. The van der Waals surface area contributed by atoms with Gasteiger partial charge in [0.1, 0.15) is 5.75 Å². The van der Waals surface area contributed by atoms with Crippen LogP contribution in [0.5, 0.6) is 5.75 Å². The van der Waals surface area contributed by atoms with Crippen molar-refractivity contribution in [3.8, 4) is 5.75 Å². The fourth-order valence-electron chi connectivity index (χ4n) is 1.96. The number of rotatable bonds is 5. The summed E-state index contributed by atoms with van der Waals surface area (Å²) in [6.07, 6.45) is 0. The van der Waals surface area contributed by atoms with Crippen molar-refractivity contribution >= 4 is 29.1 Å². The lowest BCUT2D eigenvalue weighted by Crippen LogP contribution is -2.31. The first-order valence-corrected chi connectivity index (χ1v) is 7.65. The Morgan fingerprint density at radius 2 is 1.86 bits per heavy atom. The first kappa shape index (κ1) is 16.7. The van der Waals surface area contributed by atoms with Crippen molar-refractivity contribution in [1.82, 2.24) is 5.32 Å². The smallest absolute Gasteiger partial charge is 0.258 e. The van der Waals surface area contributed by atoms with Crippen molar-refractivity contribution in [1.29, 1.82) is 0 Å². The highest BCUT2D eigenvalue weighted by Crippen LogP contribution is 2.27. The van der Waals surface area contributed by atoms with E-state index >= 15 is 0 Å². The third kappa shape index (κ3) is 4.65. The number of nitrogens with one attached hydrogen (secondary N) is 1. The summed E-state index contributed by atoms with van der Waals surface area (Å²) in [6.45, 7) is 3.85. The number of aryl methyl sites for hydroxylation is 1. The summed E-state index contributed by atoms with van der Waals surface area (Å²) >= 11 is 11.8. The number of amides is 1. The van der Waals surface area contributed by atoms with Gasteiger partial charge in [0.2, 0.25) is 0 Å². The third-order valence-corrected chi connectivity index (χ3v) is 3.74. The summed E-state index contributed by atoms with van der Waals surface area (Å²) in [4.78, 5) is 11.9. The Labute approximate surface area is 140 Å². The van der Waals surface area contributed by atoms with Crippen LogP contribution in [-0.2, 0) is 4.79 Å². The van der Waals surface area contributed by atoms with E-state index in [1.54, 1.807) is 18.2 Å². The van der Waals surface area contributed by atoms with Crippen LogP contribution in [0.1, 0.15) is 24.1 Å². The molecule has 1 amide bonds. The van der Waals surface area contributed by atoms with E-state index in [9.17, 15) is 4.79 Å². The van der Waals surface area contributed by atoms with Gasteiger partial charge in [0, 0.05) is 5.02 Å². The van der Waals surface area contributed by atoms with Crippen molar-refractivity contribution in [2.45, 2.75) is 19.9 Å². The van der Waals surface area contributed by atoms with Gasteiger partial charge in [0.25, 0.3) is 5.91 Å². The standard InChI is InChI=1S/C17H17Cl2NO2/c1-11-3-5-13(6-4-11)12(2)20-17(21)10-22-16-8-7-14(18)9-15(16)19/h3-9,12H,10H2,1-2H3,(H,20,21)/t12-/m0/s1. The third-order valence-electron chi connectivity index (χ3n) is 3.21. The summed E-state index contributed by atoms with van der Waals surface area (Å²) in [5.41, 5.74) is 2.23. The molecule has 0 aromatic heterocycles. The highest BCUT2D eigenvalue weighted by Gasteiger charge is 2.11. The van der Waals surface area contributed by atoms with Gasteiger partial charge in [-0.15, -0.1) is 0 Å². The minimum atomic E-state index is -0.209. The zero-order valence-electron chi connectivity index (χ0n) is 12.4. The zero-order chi connectivity index (χ0) is 16.1. The highest BCUT2D eigenvalue weighted by molar-refractivity contribution is 6.35. The molecule has 116 valence electrons. The van der Waals surface area contributed by atoms with Crippen LogP contribution in [0.3, 0.4) is 0 Å². The first-order chi connectivity index (χ1) is 10.5. The molecule has 0 saturated carbocycles. The Bertz CT molecular complexity index is 656. The molecule has 0 unspecified atom stereocenters. The molecule has 0 spiro atoms. The SMILES string of the molecule is Cc1ccc([C@H](C)NC(=O)COc2ccc(Cl)cc2Cl)cc1. The van der Waals surface area contributed by atoms with Gasteiger partial charge >= 0.3 is 0 Å². The molecule has 1 N–H and O–H groups in total. The van der Waals surface area contributed by atoms with E-state index < -0.39 is 0 Å². The van der Waals surface area contributed by atoms with Crippen LogP contribution in [0, 0.1) is 6.92 Å². The van der Waals surface area contributed by atoms with Gasteiger partial charge in [-0.2, -0.15) is 0 Å². The quantitative estimate of drug-likeness (QED) is 0.868. The number of hydrogen-bond acceptors (Lipinski definition) is 2. The average molecular weight is 338 g/mol. The molecule has 0 aliphatic carbocycles. The van der Waals surface area contributed by atoms with Gasteiger partial charge in [-0.1, -0.05) is 53.0 Å². The maximum absolute atomic E-state index is 11.9. The molecule has 2 rings (SSSR count). The molecule has 0 aliphatic heterocycles. The van der Waals surface area contributed by atoms with E-state index in [2.05, 4.69) is 5.32 Å². The number of halogens is 2. The van der Waals surface area contributed by atoms with Crippen LogP contribution in [0.2, 0.25) is 10.0 Å². The van der Waals surface area contributed by atoms with Gasteiger partial charge in [0.15, 0.2) is 6.61 Å². The van der Waals surface area contributed by atoms with E-state index in [4.69, 9.17) is 27.9 Å². The molecular weight excluding hydrogens is 321 g/mol. The van der Waals surface area contributed by atoms with Crippen molar-refractivity contribution in [2.75, 3.05) is 6.61 Å². The number of hydrogen-bond donors (Lipinski definition) is 1. The summed E-state index contributed by atoms with van der Waals surface area (Å²) < 4.78 is 5.41. The maximum atomic E-state index is 11.9. The molecule has 2 aromatic rings. The van der Waals surface area contributed by atoms with Crippen LogP contribution in [0.4, 0.5) is 0 Å². The number of carbonyl (C=O) groups excluding carboxylic acids is 1. The van der Waals surface area contributed by atoms with Crippen molar-refractivity contribution in [2.24, 2.45) is 0 Å². The highest BCUT2D eigenvalue weighted by atomic mass is 35.5. The molecule has 3 nitrogen and oxygen atoms in total. The van der Waals surface area contributed by atoms with E-state index in [-0.39, 0.29) is 18.6 Å². The number of benzene rings is 2. The normalized spacial score (nSPS) is 11.8. The fraction of sp³-hybridized carbons (Fsp3) is 0.235. The molecule has 2 aromatic carbocycles. The molecule has 5 heteroatoms. The molecule has 22 heavy (non-hydrogen) atoms. The molecule has 0 saturated heterocycles. The van der Waals surface area contributed by atoms with Crippen molar-refractivity contribution < 1.29 is 9.53 Å². The van der Waals surface area contributed by atoms with Crippen LogP contribution in [0.25, 0.3) is 0 Å². The minimum Gasteiger partial charge on any atom is -0.482 e. The summed E-state index contributed by atoms with van der Waals surface area (Å²) in [6, 6.07) is 12.8. The average Bonchev–Trinajstić information content (AvgIpc) is 2.47. The van der Waals surface area contributed by atoms with Gasteiger partial charge in [0.05, 0.1) is 11.1 Å². The largest absolute Gasteiger partial charge is 0.482 e. The topological polar surface area (TPSA) is 38.3 Å². The lowest BCUT2D eigenvalue weighted by Gasteiger charge is -2.15. The minimum absolute atomic E-state index is 0.0858. The summed E-state index contributed by atoms with van der Waals surface area (Å²) in [5, 5.41) is 3.79. The summed E-state index contributed by atoms with van der Waals surface area (Å²) in [5.74, 6) is 0.225. The lowest BCUT2D eigenvalue weighted by atomic mass is 10.1. The molecule has 0 heterocycles. The second kappa shape index (κ2) is 7.52. The van der Waals surface area contributed by atoms with E-state index in [1.807, 2.05) is 38.1 Å². The molecule has 0 bridgehead atoms. The second-order valence-electron chi connectivity index (χ2n) is 5.06. The van der Waals surface area contributed by atoms with E-state index in [0.29, 0.717) is 15.8 Å². The van der Waals surface area contributed by atoms with Crippen LogP contribution < -0.4 is 10.1 Å². The Kier molecular flexibility index (Phi) is 5.69. The molecule has 0 fully saturated rings. The maximum Gasteiger partial charge on any atom is 0.258 e. The van der Waals surface area contributed by atoms with Gasteiger partial charge < -0.3 is 10.1 Å². The lowest BCUT2D eigenvalue weighted by molar-refractivity contribution is -0.123. The second-order valence-corrected chi connectivity index (χ2v) is 5.91.